The Kier molecular flexibility index (Phi) is 3.53. The van der Waals surface area contributed by atoms with Crippen LogP contribution in [-0.2, 0) is 12.5 Å². The molecule has 106 valence electrons. The lowest BCUT2D eigenvalue weighted by Crippen LogP contribution is -2.19. The molecule has 0 fully saturated rings. The predicted octanol–water partition coefficient (Wildman–Crippen LogP) is 2.55. The number of hydrogen-bond acceptors (Lipinski definition) is 3. The normalized spacial score (nSPS) is 11.4. The first kappa shape index (κ1) is 14.1. The highest BCUT2D eigenvalue weighted by Crippen LogP contribution is 2.29. The maximum atomic E-state index is 12.3. The molecule has 0 unspecified atom stereocenters. The van der Waals surface area contributed by atoms with Crippen molar-refractivity contribution in [3.63, 3.8) is 0 Å². The first-order valence-electron chi connectivity index (χ1n) is 6.49. The van der Waals surface area contributed by atoms with Crippen molar-refractivity contribution in [1.82, 2.24) is 9.78 Å². The van der Waals surface area contributed by atoms with Crippen LogP contribution in [0.25, 0.3) is 0 Å². The summed E-state index contributed by atoms with van der Waals surface area (Å²) in [6.07, 6.45) is 1.62. The second-order valence-electron chi connectivity index (χ2n) is 5.86. The van der Waals surface area contributed by atoms with E-state index < -0.39 is 0 Å². The fourth-order valence-electron chi connectivity index (χ4n) is 2.11. The number of para-hydroxylation sites is 1. The summed E-state index contributed by atoms with van der Waals surface area (Å²) in [5, 5.41) is 6.97. The van der Waals surface area contributed by atoms with Crippen molar-refractivity contribution in [3.05, 3.63) is 41.7 Å². The van der Waals surface area contributed by atoms with E-state index in [4.69, 9.17) is 5.73 Å². The van der Waals surface area contributed by atoms with Crippen molar-refractivity contribution < 1.29 is 4.79 Å². The highest BCUT2D eigenvalue weighted by Gasteiger charge is 2.20. The summed E-state index contributed by atoms with van der Waals surface area (Å²) in [6, 6.07) is 7.76. The van der Waals surface area contributed by atoms with Crippen LogP contribution >= 0.6 is 0 Å². The number of benzene rings is 1. The Labute approximate surface area is 118 Å². The second-order valence-corrected chi connectivity index (χ2v) is 5.86. The standard InChI is InChI=1S/C15H20N4O/c1-15(2,3)10-7-5-6-8-12(10)17-14(20)13-11(16)9-19(4)18-13/h5-9H,16H2,1-4H3,(H,17,20). The molecule has 1 heterocycles. The van der Waals surface area contributed by atoms with Crippen molar-refractivity contribution in [2.24, 2.45) is 7.05 Å². The van der Waals surface area contributed by atoms with Crippen LogP contribution in [0.2, 0.25) is 0 Å². The van der Waals surface area contributed by atoms with Crippen LogP contribution in [0.15, 0.2) is 30.5 Å². The van der Waals surface area contributed by atoms with Gasteiger partial charge in [0.25, 0.3) is 5.91 Å². The lowest BCUT2D eigenvalue weighted by atomic mass is 9.86. The molecule has 0 saturated heterocycles. The van der Waals surface area contributed by atoms with Gasteiger partial charge in [-0.3, -0.25) is 9.48 Å². The summed E-state index contributed by atoms with van der Waals surface area (Å²) < 4.78 is 1.53. The van der Waals surface area contributed by atoms with Crippen molar-refractivity contribution in [3.8, 4) is 0 Å². The maximum absolute atomic E-state index is 12.3. The Balaban J connectivity index is 2.31. The van der Waals surface area contributed by atoms with E-state index in [0.29, 0.717) is 5.69 Å². The van der Waals surface area contributed by atoms with Gasteiger partial charge in [0.2, 0.25) is 0 Å². The summed E-state index contributed by atoms with van der Waals surface area (Å²) in [4.78, 5) is 12.3. The van der Waals surface area contributed by atoms with E-state index in [1.165, 1.54) is 4.68 Å². The number of nitrogen functional groups attached to an aromatic ring is 1. The molecule has 20 heavy (non-hydrogen) atoms. The van der Waals surface area contributed by atoms with Gasteiger partial charge in [-0.05, 0) is 17.0 Å². The summed E-state index contributed by atoms with van der Waals surface area (Å²) >= 11 is 0. The Bertz CT molecular complexity index is 638. The Hall–Kier alpha value is -2.30. The van der Waals surface area contributed by atoms with E-state index in [1.807, 2.05) is 24.3 Å². The number of rotatable bonds is 2. The first-order chi connectivity index (χ1) is 9.29. The minimum Gasteiger partial charge on any atom is -0.396 e. The third kappa shape index (κ3) is 2.82. The van der Waals surface area contributed by atoms with Crippen molar-refractivity contribution >= 4 is 17.3 Å². The fraction of sp³-hybridized carbons (Fsp3) is 0.333. The number of nitrogens with one attached hydrogen (secondary N) is 1. The number of anilines is 2. The molecule has 1 aromatic carbocycles. The molecule has 0 bridgehead atoms. The second kappa shape index (κ2) is 5.00. The topological polar surface area (TPSA) is 72.9 Å². The van der Waals surface area contributed by atoms with Gasteiger partial charge in [-0.1, -0.05) is 39.0 Å². The molecule has 1 amide bonds. The number of aryl methyl sites for hydroxylation is 1. The largest absolute Gasteiger partial charge is 0.396 e. The van der Waals surface area contributed by atoms with Crippen molar-refractivity contribution in [1.29, 1.82) is 0 Å². The molecular formula is C15H20N4O. The van der Waals surface area contributed by atoms with Gasteiger partial charge in [-0.2, -0.15) is 5.10 Å². The molecule has 5 heteroatoms. The zero-order valence-electron chi connectivity index (χ0n) is 12.3. The van der Waals surface area contributed by atoms with Gasteiger partial charge >= 0.3 is 0 Å². The summed E-state index contributed by atoms with van der Waals surface area (Å²) in [6.45, 7) is 6.31. The molecule has 0 aliphatic carbocycles. The van der Waals surface area contributed by atoms with Gasteiger partial charge in [-0.15, -0.1) is 0 Å². The Morgan fingerprint density at radius 3 is 2.50 bits per heavy atom. The summed E-state index contributed by atoms with van der Waals surface area (Å²) in [7, 11) is 1.73. The number of hydrogen-bond donors (Lipinski definition) is 2. The first-order valence-corrected chi connectivity index (χ1v) is 6.49. The molecule has 0 aliphatic heterocycles. The molecule has 1 aromatic heterocycles. The van der Waals surface area contributed by atoms with E-state index in [2.05, 4.69) is 31.2 Å². The van der Waals surface area contributed by atoms with E-state index in [9.17, 15) is 4.79 Å². The average molecular weight is 272 g/mol. The molecule has 3 N–H and O–H groups in total. The molecule has 5 nitrogen and oxygen atoms in total. The third-order valence-electron chi connectivity index (χ3n) is 3.06. The quantitative estimate of drug-likeness (QED) is 0.882. The van der Waals surface area contributed by atoms with Crippen molar-refractivity contribution in [2.45, 2.75) is 26.2 Å². The molecule has 0 atom stereocenters. The van der Waals surface area contributed by atoms with Crippen LogP contribution in [0, 0.1) is 0 Å². The lowest BCUT2D eigenvalue weighted by molar-refractivity contribution is 0.102. The number of amides is 1. The van der Waals surface area contributed by atoms with Crippen LogP contribution in [0.1, 0.15) is 36.8 Å². The SMILES string of the molecule is Cn1cc(N)c(C(=O)Nc2ccccc2C(C)(C)C)n1. The average Bonchev–Trinajstić information content (AvgIpc) is 2.68. The van der Waals surface area contributed by atoms with Gasteiger partial charge in [0.05, 0.1) is 5.69 Å². The van der Waals surface area contributed by atoms with E-state index in [0.717, 1.165) is 11.3 Å². The summed E-state index contributed by atoms with van der Waals surface area (Å²) in [5.41, 5.74) is 8.20. The van der Waals surface area contributed by atoms with Gasteiger partial charge in [0, 0.05) is 18.9 Å². The van der Waals surface area contributed by atoms with Crippen molar-refractivity contribution in [2.75, 3.05) is 11.1 Å². The minimum absolute atomic E-state index is 0.0560. The summed E-state index contributed by atoms with van der Waals surface area (Å²) in [5.74, 6) is -0.292. The lowest BCUT2D eigenvalue weighted by Gasteiger charge is -2.22. The van der Waals surface area contributed by atoms with E-state index in [1.54, 1.807) is 13.2 Å². The van der Waals surface area contributed by atoms with Crippen LogP contribution in [0.5, 0.6) is 0 Å². The molecule has 0 radical (unpaired) electrons. The third-order valence-corrected chi connectivity index (χ3v) is 3.06. The smallest absolute Gasteiger partial charge is 0.278 e. The molecule has 2 aromatic rings. The number of aromatic nitrogens is 2. The van der Waals surface area contributed by atoms with Gasteiger partial charge in [-0.25, -0.2) is 0 Å². The number of carbonyl (C=O) groups is 1. The number of nitrogens with two attached hydrogens (primary N) is 1. The van der Waals surface area contributed by atoms with Crippen LogP contribution in [-0.4, -0.2) is 15.7 Å². The molecule has 0 aliphatic rings. The molecule has 0 spiro atoms. The predicted molar refractivity (Wildman–Crippen MR) is 80.7 cm³/mol. The zero-order chi connectivity index (χ0) is 14.9. The van der Waals surface area contributed by atoms with Crippen LogP contribution in [0.4, 0.5) is 11.4 Å². The molecule has 2 rings (SSSR count). The number of carbonyl (C=O) groups excluding carboxylic acids is 1. The van der Waals surface area contributed by atoms with Crippen LogP contribution < -0.4 is 11.1 Å². The van der Waals surface area contributed by atoms with Gasteiger partial charge < -0.3 is 11.1 Å². The van der Waals surface area contributed by atoms with Crippen LogP contribution in [0.3, 0.4) is 0 Å². The molecular weight excluding hydrogens is 252 g/mol. The monoisotopic (exact) mass is 272 g/mol. The van der Waals surface area contributed by atoms with E-state index >= 15 is 0 Å². The van der Waals surface area contributed by atoms with Gasteiger partial charge in [0.1, 0.15) is 0 Å². The highest BCUT2D eigenvalue weighted by molar-refractivity contribution is 6.06. The number of nitrogens with zero attached hydrogens (tertiary/aromatic N) is 2. The fourth-order valence-corrected chi connectivity index (χ4v) is 2.11. The van der Waals surface area contributed by atoms with Gasteiger partial charge in [0.15, 0.2) is 5.69 Å². The maximum Gasteiger partial charge on any atom is 0.278 e. The Morgan fingerprint density at radius 2 is 1.95 bits per heavy atom. The van der Waals surface area contributed by atoms with E-state index in [-0.39, 0.29) is 17.0 Å². The Morgan fingerprint density at radius 1 is 1.30 bits per heavy atom. The minimum atomic E-state index is -0.292. The highest BCUT2D eigenvalue weighted by atomic mass is 16.2. The zero-order valence-corrected chi connectivity index (χ0v) is 12.3. The molecule has 0 saturated carbocycles.